The molecule has 1 aliphatic heterocycles. The van der Waals surface area contributed by atoms with Gasteiger partial charge in [-0.15, -0.1) is 17.0 Å². The second kappa shape index (κ2) is 8.93. The van der Waals surface area contributed by atoms with E-state index in [-0.39, 0.29) is 35.6 Å². The van der Waals surface area contributed by atoms with Crippen molar-refractivity contribution in [3.05, 3.63) is 29.8 Å². The molecule has 0 bridgehead atoms. The number of ether oxygens (including phenoxy) is 1. The van der Waals surface area contributed by atoms with Crippen LogP contribution in [-0.4, -0.2) is 48.2 Å². The van der Waals surface area contributed by atoms with E-state index in [2.05, 4.69) is 15.9 Å². The lowest BCUT2D eigenvalue weighted by Crippen LogP contribution is -2.41. The molecule has 0 atom stereocenters. The quantitative estimate of drug-likeness (QED) is 0.493. The molecule has 1 aliphatic rings. The van der Waals surface area contributed by atoms with Crippen molar-refractivity contribution >= 4 is 38.7 Å². The first-order valence-electron chi connectivity index (χ1n) is 6.92. The predicted octanol–water partition coefficient (Wildman–Crippen LogP) is 3.95. The minimum Gasteiger partial charge on any atom is -0.492 e. The van der Waals surface area contributed by atoms with E-state index in [4.69, 9.17) is 4.74 Å². The molecule has 7 heteroatoms. The molecule has 0 radical (unpaired) electrons. The van der Waals surface area contributed by atoms with E-state index in [1.807, 2.05) is 4.90 Å². The SMILES string of the molecule is Br.O=C(CBr)c1ccc(OCCN2CCC(F)(F)CC2)cc1. The third-order valence-electron chi connectivity index (χ3n) is 3.56. The fourth-order valence-corrected chi connectivity index (χ4v) is 2.53. The molecule has 1 saturated heterocycles. The van der Waals surface area contributed by atoms with Crippen LogP contribution in [0.25, 0.3) is 0 Å². The minimum atomic E-state index is -2.50. The number of halogens is 4. The number of carbonyl (C=O) groups is 1. The van der Waals surface area contributed by atoms with Crippen LogP contribution in [0, 0.1) is 0 Å². The highest BCUT2D eigenvalue weighted by atomic mass is 79.9. The molecule has 0 saturated carbocycles. The lowest BCUT2D eigenvalue weighted by Gasteiger charge is -2.31. The largest absolute Gasteiger partial charge is 0.492 e. The highest BCUT2D eigenvalue weighted by Gasteiger charge is 2.33. The van der Waals surface area contributed by atoms with Gasteiger partial charge in [-0.25, -0.2) is 8.78 Å². The van der Waals surface area contributed by atoms with Crippen LogP contribution < -0.4 is 4.74 Å². The third-order valence-corrected chi connectivity index (χ3v) is 4.07. The Balaban J connectivity index is 0.00000242. The number of benzene rings is 1. The molecule has 0 amide bonds. The number of hydrogen-bond acceptors (Lipinski definition) is 3. The molecule has 3 nitrogen and oxygen atoms in total. The highest BCUT2D eigenvalue weighted by Crippen LogP contribution is 2.27. The lowest BCUT2D eigenvalue weighted by molar-refractivity contribution is -0.0564. The molecular formula is C15H19Br2F2NO2. The van der Waals surface area contributed by atoms with Gasteiger partial charge in [-0.3, -0.25) is 9.69 Å². The van der Waals surface area contributed by atoms with Crippen LogP contribution in [-0.2, 0) is 0 Å². The Morgan fingerprint density at radius 3 is 2.36 bits per heavy atom. The van der Waals surface area contributed by atoms with Crippen molar-refractivity contribution in [2.45, 2.75) is 18.8 Å². The van der Waals surface area contributed by atoms with Gasteiger partial charge >= 0.3 is 0 Å². The van der Waals surface area contributed by atoms with Crippen molar-refractivity contribution < 1.29 is 18.3 Å². The van der Waals surface area contributed by atoms with Crippen LogP contribution in [0.4, 0.5) is 8.78 Å². The third kappa shape index (κ3) is 5.93. The van der Waals surface area contributed by atoms with Gasteiger partial charge in [-0.2, -0.15) is 0 Å². The monoisotopic (exact) mass is 441 g/mol. The molecule has 2 rings (SSSR count). The van der Waals surface area contributed by atoms with E-state index < -0.39 is 5.92 Å². The van der Waals surface area contributed by atoms with Gasteiger partial charge in [0, 0.05) is 38.0 Å². The van der Waals surface area contributed by atoms with Gasteiger partial charge in [0.2, 0.25) is 0 Å². The molecule has 1 fully saturated rings. The number of ketones is 1. The smallest absolute Gasteiger partial charge is 0.250 e. The Morgan fingerprint density at radius 2 is 1.82 bits per heavy atom. The van der Waals surface area contributed by atoms with Crippen LogP contribution in [0.2, 0.25) is 0 Å². The fraction of sp³-hybridized carbons (Fsp3) is 0.533. The number of hydrogen-bond donors (Lipinski definition) is 0. The summed E-state index contributed by atoms with van der Waals surface area (Å²) in [6.07, 6.45) is -0.146. The summed E-state index contributed by atoms with van der Waals surface area (Å²) in [5.74, 6) is -1.80. The standard InChI is InChI=1S/C15H18BrF2NO2.BrH/c16-11-14(20)12-1-3-13(4-2-12)21-10-9-19-7-5-15(17,18)6-8-19;/h1-4H,5-11H2;1H. The summed E-state index contributed by atoms with van der Waals surface area (Å²) in [7, 11) is 0. The molecule has 0 aromatic heterocycles. The van der Waals surface area contributed by atoms with E-state index >= 15 is 0 Å². The molecule has 1 heterocycles. The Bertz CT molecular complexity index is 473. The summed E-state index contributed by atoms with van der Waals surface area (Å²) in [4.78, 5) is 13.4. The zero-order valence-electron chi connectivity index (χ0n) is 12.1. The maximum atomic E-state index is 13.0. The van der Waals surface area contributed by atoms with Crippen molar-refractivity contribution in [3.8, 4) is 5.75 Å². The van der Waals surface area contributed by atoms with E-state index in [1.165, 1.54) is 0 Å². The number of carbonyl (C=O) groups excluding carboxylic acids is 1. The summed E-state index contributed by atoms with van der Waals surface area (Å²) in [5.41, 5.74) is 0.637. The summed E-state index contributed by atoms with van der Waals surface area (Å²) < 4.78 is 31.6. The first-order valence-corrected chi connectivity index (χ1v) is 8.04. The molecule has 22 heavy (non-hydrogen) atoms. The second-order valence-corrected chi connectivity index (χ2v) is 5.69. The normalized spacial score (nSPS) is 17.6. The fourth-order valence-electron chi connectivity index (χ4n) is 2.21. The molecule has 0 spiro atoms. The number of alkyl halides is 3. The van der Waals surface area contributed by atoms with Gasteiger partial charge in [0.1, 0.15) is 12.4 Å². The van der Waals surface area contributed by atoms with E-state index in [0.29, 0.717) is 42.9 Å². The molecule has 0 N–H and O–H groups in total. The average Bonchev–Trinajstić information content (AvgIpc) is 2.49. The van der Waals surface area contributed by atoms with E-state index in [9.17, 15) is 13.6 Å². The highest BCUT2D eigenvalue weighted by molar-refractivity contribution is 9.09. The van der Waals surface area contributed by atoms with Gasteiger partial charge in [0.05, 0.1) is 5.33 Å². The van der Waals surface area contributed by atoms with Crippen molar-refractivity contribution in [1.29, 1.82) is 0 Å². The maximum absolute atomic E-state index is 13.0. The number of piperidine rings is 1. The summed E-state index contributed by atoms with van der Waals surface area (Å²) in [6, 6.07) is 6.95. The van der Waals surface area contributed by atoms with Gasteiger partial charge in [0.25, 0.3) is 5.92 Å². The number of rotatable bonds is 6. The first-order chi connectivity index (χ1) is 10.00. The van der Waals surface area contributed by atoms with Crippen molar-refractivity contribution in [1.82, 2.24) is 4.90 Å². The number of Topliss-reactive ketones (excluding diaryl/α,β-unsaturated/α-hetero) is 1. The molecule has 124 valence electrons. The summed E-state index contributed by atoms with van der Waals surface area (Å²) in [6.45, 7) is 1.92. The van der Waals surface area contributed by atoms with Crippen LogP contribution in [0.15, 0.2) is 24.3 Å². The van der Waals surface area contributed by atoms with Crippen molar-refractivity contribution in [3.63, 3.8) is 0 Å². The average molecular weight is 443 g/mol. The van der Waals surface area contributed by atoms with E-state index in [1.54, 1.807) is 24.3 Å². The molecular weight excluding hydrogens is 424 g/mol. The summed E-state index contributed by atoms with van der Waals surface area (Å²) >= 11 is 3.12. The molecule has 1 aromatic rings. The molecule has 0 aliphatic carbocycles. The second-order valence-electron chi connectivity index (χ2n) is 5.13. The zero-order valence-corrected chi connectivity index (χ0v) is 15.4. The summed E-state index contributed by atoms with van der Waals surface area (Å²) in [5, 5.41) is 0.298. The number of nitrogens with zero attached hydrogens (tertiary/aromatic N) is 1. The van der Waals surface area contributed by atoms with Crippen molar-refractivity contribution in [2.75, 3.05) is 31.6 Å². The minimum absolute atomic E-state index is 0. The van der Waals surface area contributed by atoms with Gasteiger partial charge < -0.3 is 4.74 Å². The topological polar surface area (TPSA) is 29.5 Å². The van der Waals surface area contributed by atoms with Crippen LogP contribution in [0.3, 0.4) is 0 Å². The Hall–Kier alpha value is -0.530. The van der Waals surface area contributed by atoms with Crippen molar-refractivity contribution in [2.24, 2.45) is 0 Å². The van der Waals surface area contributed by atoms with Gasteiger partial charge in [0.15, 0.2) is 5.78 Å². The van der Waals surface area contributed by atoms with E-state index in [0.717, 1.165) is 0 Å². The molecule has 1 aromatic carbocycles. The zero-order chi connectivity index (χ0) is 15.3. The maximum Gasteiger partial charge on any atom is 0.250 e. The molecule has 0 unspecified atom stereocenters. The first kappa shape index (κ1) is 19.5. The Morgan fingerprint density at radius 1 is 1.23 bits per heavy atom. The van der Waals surface area contributed by atoms with Crippen LogP contribution >= 0.6 is 32.9 Å². The Kier molecular flexibility index (Phi) is 7.93. The van der Waals surface area contributed by atoms with Crippen LogP contribution in [0.1, 0.15) is 23.2 Å². The van der Waals surface area contributed by atoms with Gasteiger partial charge in [-0.1, -0.05) is 15.9 Å². The lowest BCUT2D eigenvalue weighted by atomic mass is 10.1. The Labute approximate surface area is 147 Å². The van der Waals surface area contributed by atoms with Gasteiger partial charge in [-0.05, 0) is 24.3 Å². The predicted molar refractivity (Wildman–Crippen MR) is 91.0 cm³/mol. The number of likely N-dealkylation sites (tertiary alicyclic amines) is 1. The van der Waals surface area contributed by atoms with Crippen LogP contribution in [0.5, 0.6) is 5.75 Å².